The van der Waals surface area contributed by atoms with Gasteiger partial charge in [0, 0.05) is 46.9 Å². The van der Waals surface area contributed by atoms with Crippen molar-refractivity contribution in [1.82, 2.24) is 24.9 Å². The normalized spacial score (nSPS) is 13.4. The van der Waals surface area contributed by atoms with Crippen LogP contribution in [0.25, 0.3) is 56.4 Å². The van der Waals surface area contributed by atoms with Crippen LogP contribution in [0.4, 0.5) is 0 Å². The molecule has 0 saturated carbocycles. The molecule has 3 aromatic carbocycles. The topological polar surface area (TPSA) is 64.5 Å². The number of hydrogen-bond donors (Lipinski definition) is 0. The van der Waals surface area contributed by atoms with Crippen LogP contribution in [0.5, 0.6) is 0 Å². The van der Waals surface area contributed by atoms with Crippen LogP contribution < -0.4 is 5.19 Å². The minimum Gasteiger partial charge on any atom is -0.265 e. The predicted octanol–water partition coefficient (Wildman–Crippen LogP) is 8.18. The first kappa shape index (κ1) is 27.0. The van der Waals surface area contributed by atoms with Gasteiger partial charge in [0.2, 0.25) is 0 Å². The average Bonchev–Trinajstić information content (AvgIpc) is 3.26. The number of hydrogen-bond acceptors (Lipinski definition) is 5. The molecule has 7 rings (SSSR count). The molecule has 0 radical (unpaired) electrons. The highest BCUT2D eigenvalue weighted by atomic mass is 28.3. The standard InChI is InChI=1S/C37H33N5Si/c1-37(2)32-12-9-27(22-31(32)30-11-10-29(23-33(30)37)43(3,4)5)26-7-6-8-28(21-26)36-41-34(24-13-17-38-18-14-24)40-35(42-36)25-15-19-39-20-16-25/h6-23H,1-5H3. The van der Waals surface area contributed by atoms with Crippen LogP contribution in [-0.2, 0) is 5.41 Å². The zero-order valence-corrected chi connectivity index (χ0v) is 26.1. The number of nitrogens with zero attached hydrogens (tertiary/aromatic N) is 5. The molecule has 1 aliphatic carbocycles. The lowest BCUT2D eigenvalue weighted by Crippen LogP contribution is -2.38. The molecule has 6 aromatic rings. The van der Waals surface area contributed by atoms with E-state index >= 15 is 0 Å². The lowest BCUT2D eigenvalue weighted by molar-refractivity contribution is 0.661. The summed E-state index contributed by atoms with van der Waals surface area (Å²) >= 11 is 0. The number of aromatic nitrogens is 5. The number of fused-ring (bicyclic) bond motifs is 3. The Bertz CT molecular complexity index is 1920. The van der Waals surface area contributed by atoms with Crippen LogP contribution in [-0.4, -0.2) is 33.0 Å². The van der Waals surface area contributed by atoms with E-state index in [-0.39, 0.29) is 5.41 Å². The number of pyridine rings is 2. The molecule has 0 spiro atoms. The molecule has 43 heavy (non-hydrogen) atoms. The Morgan fingerprint density at radius 1 is 0.488 bits per heavy atom. The van der Waals surface area contributed by atoms with Crippen molar-refractivity contribution < 1.29 is 0 Å². The molecule has 0 saturated heterocycles. The first-order chi connectivity index (χ1) is 20.7. The van der Waals surface area contributed by atoms with Crippen LogP contribution in [0.2, 0.25) is 19.6 Å². The maximum absolute atomic E-state index is 4.91. The fraction of sp³-hybridized carbons (Fsp3) is 0.162. The Morgan fingerprint density at radius 2 is 1.05 bits per heavy atom. The lowest BCUT2D eigenvalue weighted by atomic mass is 9.82. The largest absolute Gasteiger partial charge is 0.265 e. The van der Waals surface area contributed by atoms with Crippen molar-refractivity contribution in [1.29, 1.82) is 0 Å². The molecule has 5 nitrogen and oxygen atoms in total. The molecule has 0 amide bonds. The van der Waals surface area contributed by atoms with E-state index in [4.69, 9.17) is 15.0 Å². The molecule has 1 aliphatic rings. The van der Waals surface area contributed by atoms with Crippen LogP contribution >= 0.6 is 0 Å². The zero-order chi connectivity index (χ0) is 29.8. The van der Waals surface area contributed by atoms with Crippen molar-refractivity contribution in [2.45, 2.75) is 38.9 Å². The van der Waals surface area contributed by atoms with Crippen molar-refractivity contribution in [2.24, 2.45) is 0 Å². The quantitative estimate of drug-likeness (QED) is 0.194. The summed E-state index contributed by atoms with van der Waals surface area (Å²) in [5.41, 5.74) is 10.5. The highest BCUT2D eigenvalue weighted by molar-refractivity contribution is 6.88. The fourth-order valence-corrected chi connectivity index (χ4v) is 7.16. The summed E-state index contributed by atoms with van der Waals surface area (Å²) in [4.78, 5) is 22.9. The second kappa shape index (κ2) is 10.2. The maximum Gasteiger partial charge on any atom is 0.164 e. The first-order valence-electron chi connectivity index (χ1n) is 14.7. The van der Waals surface area contributed by atoms with Gasteiger partial charge in [0.05, 0.1) is 8.07 Å². The number of benzene rings is 3. The van der Waals surface area contributed by atoms with Crippen molar-refractivity contribution in [3.05, 3.63) is 121 Å². The molecular weight excluding hydrogens is 543 g/mol. The van der Waals surface area contributed by atoms with Gasteiger partial charge in [-0.2, -0.15) is 0 Å². The third kappa shape index (κ3) is 4.87. The summed E-state index contributed by atoms with van der Waals surface area (Å²) < 4.78 is 0. The van der Waals surface area contributed by atoms with E-state index < -0.39 is 8.07 Å². The molecule has 0 bridgehead atoms. The molecule has 0 N–H and O–H groups in total. The molecule has 0 unspecified atom stereocenters. The average molecular weight is 576 g/mol. The maximum atomic E-state index is 4.91. The smallest absolute Gasteiger partial charge is 0.164 e. The summed E-state index contributed by atoms with van der Waals surface area (Å²) in [5.74, 6) is 1.85. The van der Waals surface area contributed by atoms with Crippen molar-refractivity contribution in [3.63, 3.8) is 0 Å². The minimum atomic E-state index is -1.42. The molecule has 0 aliphatic heterocycles. The summed E-state index contributed by atoms with van der Waals surface area (Å²) in [6.07, 6.45) is 7.02. The molecule has 6 heteroatoms. The van der Waals surface area contributed by atoms with Gasteiger partial charge in [0.15, 0.2) is 17.5 Å². The molecule has 3 aromatic heterocycles. The van der Waals surface area contributed by atoms with E-state index in [2.05, 4.69) is 104 Å². The molecule has 0 fully saturated rings. The van der Waals surface area contributed by atoms with Gasteiger partial charge < -0.3 is 0 Å². The molecular formula is C37H33N5Si. The highest BCUT2D eigenvalue weighted by Crippen LogP contribution is 2.49. The van der Waals surface area contributed by atoms with Gasteiger partial charge in [0.25, 0.3) is 0 Å². The van der Waals surface area contributed by atoms with Crippen LogP contribution in [0.1, 0.15) is 25.0 Å². The van der Waals surface area contributed by atoms with Gasteiger partial charge in [-0.05, 0) is 69.8 Å². The van der Waals surface area contributed by atoms with E-state index in [1.54, 1.807) is 24.8 Å². The zero-order valence-electron chi connectivity index (χ0n) is 25.1. The second-order valence-electron chi connectivity index (χ2n) is 12.8. The third-order valence-corrected chi connectivity index (χ3v) is 10.6. The lowest BCUT2D eigenvalue weighted by Gasteiger charge is -2.24. The minimum absolute atomic E-state index is 0.0295. The third-order valence-electron chi connectivity index (χ3n) is 8.51. The van der Waals surface area contributed by atoms with Gasteiger partial charge in [-0.1, -0.05) is 87.2 Å². The van der Waals surface area contributed by atoms with E-state index in [9.17, 15) is 0 Å². The van der Waals surface area contributed by atoms with Crippen LogP contribution in [0.15, 0.2) is 110 Å². The van der Waals surface area contributed by atoms with Crippen LogP contribution in [0.3, 0.4) is 0 Å². The predicted molar refractivity (Wildman–Crippen MR) is 178 cm³/mol. The summed E-state index contributed by atoms with van der Waals surface area (Å²) in [6, 6.07) is 30.3. The van der Waals surface area contributed by atoms with Crippen molar-refractivity contribution >= 4 is 13.3 Å². The van der Waals surface area contributed by atoms with Gasteiger partial charge in [-0.15, -0.1) is 0 Å². The SMILES string of the molecule is CC1(C)c2ccc(-c3cccc(-c4nc(-c5ccncc5)nc(-c5ccncc5)n4)c3)cc2-c2ccc([Si](C)(C)C)cc21. The van der Waals surface area contributed by atoms with E-state index in [1.165, 1.54) is 33.0 Å². The van der Waals surface area contributed by atoms with Crippen molar-refractivity contribution in [3.8, 4) is 56.4 Å². The van der Waals surface area contributed by atoms with Gasteiger partial charge >= 0.3 is 0 Å². The van der Waals surface area contributed by atoms with Gasteiger partial charge in [0.1, 0.15) is 0 Å². The Balaban J connectivity index is 1.32. The molecule has 0 atom stereocenters. The number of rotatable bonds is 5. The van der Waals surface area contributed by atoms with E-state index in [1.807, 2.05) is 24.3 Å². The van der Waals surface area contributed by atoms with Crippen molar-refractivity contribution in [2.75, 3.05) is 0 Å². The van der Waals surface area contributed by atoms with E-state index in [0.717, 1.165) is 22.3 Å². The molecule has 210 valence electrons. The first-order valence-corrected chi connectivity index (χ1v) is 18.2. The second-order valence-corrected chi connectivity index (χ2v) is 17.8. The Hall–Kier alpha value is -4.81. The Morgan fingerprint density at radius 3 is 1.65 bits per heavy atom. The van der Waals surface area contributed by atoms with Gasteiger partial charge in [-0.3, -0.25) is 9.97 Å². The summed E-state index contributed by atoms with van der Waals surface area (Å²) in [7, 11) is -1.42. The van der Waals surface area contributed by atoms with E-state index in [0.29, 0.717) is 17.5 Å². The monoisotopic (exact) mass is 575 g/mol. The Labute approximate surface area is 253 Å². The molecule has 3 heterocycles. The van der Waals surface area contributed by atoms with Gasteiger partial charge in [-0.25, -0.2) is 15.0 Å². The summed E-state index contributed by atoms with van der Waals surface area (Å²) in [6.45, 7) is 12.0. The fourth-order valence-electron chi connectivity index (χ4n) is 6.00. The highest BCUT2D eigenvalue weighted by Gasteiger charge is 2.36. The van der Waals surface area contributed by atoms with Crippen LogP contribution in [0, 0.1) is 0 Å². The Kier molecular flexibility index (Phi) is 6.40. The summed E-state index contributed by atoms with van der Waals surface area (Å²) in [5, 5.41) is 1.51.